The summed E-state index contributed by atoms with van der Waals surface area (Å²) in [5, 5.41) is 10.2. The van der Waals surface area contributed by atoms with Crippen molar-refractivity contribution >= 4 is 60.7 Å². The minimum absolute atomic E-state index is 0.000538. The van der Waals surface area contributed by atoms with Crippen LogP contribution in [0.3, 0.4) is 0 Å². The molecule has 0 atom stereocenters. The molecule has 17 nitrogen and oxygen atoms in total. The van der Waals surface area contributed by atoms with E-state index < -0.39 is 60.4 Å². The Balaban J connectivity index is 1.06. The van der Waals surface area contributed by atoms with Gasteiger partial charge in [0, 0.05) is 28.9 Å². The number of esters is 1. The van der Waals surface area contributed by atoms with Gasteiger partial charge in [-0.3, -0.25) is 9.59 Å². The summed E-state index contributed by atoms with van der Waals surface area (Å²) in [6, 6.07) is 21.4. The van der Waals surface area contributed by atoms with E-state index in [1.54, 1.807) is 0 Å². The number of carbonyl (C=O) groups excluding carboxylic acids is 3. The van der Waals surface area contributed by atoms with Gasteiger partial charge in [0.05, 0.1) is 44.9 Å². The number of ether oxygens (including phenoxy) is 1. The Labute approximate surface area is 349 Å². The first-order valence-electron chi connectivity index (χ1n) is 18.1. The summed E-state index contributed by atoms with van der Waals surface area (Å²) >= 11 is 0. The lowest BCUT2D eigenvalue weighted by molar-refractivity contribution is -0.00260. The van der Waals surface area contributed by atoms with Gasteiger partial charge in [-0.1, -0.05) is 42.0 Å². The highest BCUT2D eigenvalue weighted by atomic mass is 32.2. The molecule has 0 radical (unpaired) electrons. The number of carbonyl (C=O) groups is 3. The number of hydrogen-bond donors (Lipinski definition) is 5. The summed E-state index contributed by atoms with van der Waals surface area (Å²) < 4.78 is 70.5. The lowest BCUT2D eigenvalue weighted by Crippen LogP contribution is -2.31. The standard InChI is InChI=1S/C41H38FN9O8S2/c1-23-4-6-24(7-5-23)32-21-46-37(44)35(50-32)39(53)49-27-12-17-30(31(42)20-27)40(54)59-41(2,3)18-19-60(55,56)28-13-8-25(9-14-28)33-22-47-36(43)34(51-33)38(52)48-26-10-15-29(16-11-26)61(45,57)58/h4-17,20-22H,18-19H2,1-3H3,(H2,43,47)(H2,44,46)(H,48,52)(H,49,53)(H2,45,57,58). The first-order chi connectivity index (χ1) is 28.7. The van der Waals surface area contributed by atoms with E-state index in [1.807, 2.05) is 31.2 Å². The molecular formula is C41H38FN9O8S2. The van der Waals surface area contributed by atoms with Crippen molar-refractivity contribution in [1.82, 2.24) is 19.9 Å². The molecular weight excluding hydrogens is 830 g/mol. The molecule has 2 heterocycles. The zero-order valence-electron chi connectivity index (χ0n) is 32.7. The van der Waals surface area contributed by atoms with E-state index in [-0.39, 0.29) is 56.3 Å². The number of nitrogen functional groups attached to an aromatic ring is 2. The average molecular weight is 868 g/mol. The van der Waals surface area contributed by atoms with Crippen molar-refractivity contribution in [2.24, 2.45) is 5.14 Å². The number of sulfonamides is 1. The van der Waals surface area contributed by atoms with E-state index in [2.05, 4.69) is 30.6 Å². The molecule has 6 rings (SSSR count). The van der Waals surface area contributed by atoms with Gasteiger partial charge in [-0.25, -0.2) is 51.1 Å². The molecule has 20 heteroatoms. The van der Waals surface area contributed by atoms with Crippen LogP contribution in [0.4, 0.5) is 27.4 Å². The van der Waals surface area contributed by atoms with E-state index in [9.17, 15) is 31.2 Å². The third kappa shape index (κ3) is 10.5. The normalized spacial score (nSPS) is 11.8. The summed E-state index contributed by atoms with van der Waals surface area (Å²) in [5.41, 5.74) is 12.6. The lowest BCUT2D eigenvalue weighted by atomic mass is 10.1. The second kappa shape index (κ2) is 17.2. The van der Waals surface area contributed by atoms with Gasteiger partial charge in [-0.2, -0.15) is 0 Å². The van der Waals surface area contributed by atoms with Gasteiger partial charge in [0.2, 0.25) is 10.0 Å². The summed E-state index contributed by atoms with van der Waals surface area (Å²) in [4.78, 5) is 55.6. The van der Waals surface area contributed by atoms with E-state index in [0.29, 0.717) is 16.8 Å². The number of sulfone groups is 1. The molecule has 8 N–H and O–H groups in total. The molecule has 6 aromatic rings. The summed E-state index contributed by atoms with van der Waals surface area (Å²) in [7, 11) is -7.86. The van der Waals surface area contributed by atoms with Gasteiger partial charge < -0.3 is 26.8 Å². The molecule has 0 aliphatic carbocycles. The zero-order chi connectivity index (χ0) is 44.3. The predicted octanol–water partition coefficient (Wildman–Crippen LogP) is 5.16. The minimum Gasteiger partial charge on any atom is -0.456 e. The van der Waals surface area contributed by atoms with Crippen LogP contribution in [0.2, 0.25) is 0 Å². The lowest BCUT2D eigenvalue weighted by Gasteiger charge is -2.25. The molecule has 0 unspecified atom stereocenters. The predicted molar refractivity (Wildman–Crippen MR) is 225 cm³/mol. The van der Waals surface area contributed by atoms with Crippen molar-refractivity contribution in [3.05, 3.63) is 132 Å². The number of nitrogens with one attached hydrogen (secondary N) is 2. The van der Waals surface area contributed by atoms with Gasteiger partial charge in [-0.05, 0) is 75.4 Å². The fraction of sp³-hybridized carbons (Fsp3) is 0.146. The van der Waals surface area contributed by atoms with E-state index in [1.165, 1.54) is 80.8 Å². The van der Waals surface area contributed by atoms with Gasteiger partial charge in [0.1, 0.15) is 11.4 Å². The van der Waals surface area contributed by atoms with Crippen molar-refractivity contribution in [2.75, 3.05) is 27.9 Å². The fourth-order valence-corrected chi connectivity index (χ4v) is 7.75. The number of rotatable bonds is 13. The zero-order valence-corrected chi connectivity index (χ0v) is 34.3. The molecule has 0 bridgehead atoms. The first kappa shape index (κ1) is 43.4. The third-order valence-electron chi connectivity index (χ3n) is 9.12. The number of halogens is 1. The maximum Gasteiger partial charge on any atom is 0.341 e. The number of aryl methyl sites for hydroxylation is 1. The molecule has 0 saturated carbocycles. The summed E-state index contributed by atoms with van der Waals surface area (Å²) in [5.74, 6) is -4.32. The van der Waals surface area contributed by atoms with Crippen LogP contribution in [-0.2, 0) is 24.6 Å². The Morgan fingerprint density at radius 1 is 0.705 bits per heavy atom. The first-order valence-corrected chi connectivity index (χ1v) is 21.3. The molecule has 0 aliphatic rings. The largest absolute Gasteiger partial charge is 0.456 e. The van der Waals surface area contributed by atoms with Crippen LogP contribution in [0.25, 0.3) is 22.5 Å². The third-order valence-corrected chi connectivity index (χ3v) is 11.8. The Hall–Kier alpha value is -7.16. The highest BCUT2D eigenvalue weighted by molar-refractivity contribution is 7.91. The summed E-state index contributed by atoms with van der Waals surface area (Å²) in [6.07, 6.45) is 2.58. The fourth-order valence-electron chi connectivity index (χ4n) is 5.69. The molecule has 4 aromatic carbocycles. The molecule has 0 spiro atoms. The van der Waals surface area contributed by atoms with Crippen LogP contribution >= 0.6 is 0 Å². The molecule has 0 aliphatic heterocycles. The van der Waals surface area contributed by atoms with Crippen LogP contribution in [0.15, 0.2) is 113 Å². The van der Waals surface area contributed by atoms with Gasteiger partial charge in [0.25, 0.3) is 11.8 Å². The molecule has 0 fully saturated rings. The molecule has 0 saturated heterocycles. The van der Waals surface area contributed by atoms with Crippen LogP contribution in [-0.4, -0.2) is 65.9 Å². The van der Waals surface area contributed by atoms with Crippen LogP contribution in [0, 0.1) is 12.7 Å². The van der Waals surface area contributed by atoms with E-state index in [4.69, 9.17) is 21.3 Å². The Morgan fingerprint density at radius 3 is 1.69 bits per heavy atom. The Bertz CT molecular complexity index is 2900. The SMILES string of the molecule is Cc1ccc(-c2cnc(N)c(C(=O)Nc3ccc(C(=O)OC(C)(C)CCS(=O)(=O)c4ccc(-c5cnc(N)c(C(=O)Nc6ccc(S(N)(=O)=O)cc6)n5)cc4)c(F)c3)n2)cc1. The van der Waals surface area contributed by atoms with E-state index in [0.717, 1.165) is 17.7 Å². The Morgan fingerprint density at radius 2 is 1.18 bits per heavy atom. The Kier molecular flexibility index (Phi) is 12.2. The number of benzene rings is 4. The number of nitrogens with two attached hydrogens (primary N) is 3. The highest BCUT2D eigenvalue weighted by Gasteiger charge is 2.29. The summed E-state index contributed by atoms with van der Waals surface area (Å²) in [6.45, 7) is 4.90. The molecule has 2 amide bonds. The van der Waals surface area contributed by atoms with Gasteiger partial charge >= 0.3 is 5.97 Å². The number of amides is 2. The second-order valence-corrected chi connectivity index (χ2v) is 17.9. The number of hydrogen-bond acceptors (Lipinski definition) is 14. The highest BCUT2D eigenvalue weighted by Crippen LogP contribution is 2.27. The van der Waals surface area contributed by atoms with Gasteiger partial charge in [0.15, 0.2) is 32.9 Å². The van der Waals surface area contributed by atoms with Crippen molar-refractivity contribution in [3.63, 3.8) is 0 Å². The van der Waals surface area contributed by atoms with Crippen molar-refractivity contribution < 1.29 is 40.3 Å². The second-order valence-electron chi connectivity index (χ2n) is 14.3. The maximum atomic E-state index is 15.2. The molecule has 314 valence electrons. The topological polar surface area (TPSA) is 282 Å². The smallest absolute Gasteiger partial charge is 0.341 e. The quantitative estimate of drug-likeness (QED) is 0.0938. The van der Waals surface area contributed by atoms with Crippen molar-refractivity contribution in [2.45, 2.75) is 42.6 Å². The van der Waals surface area contributed by atoms with Crippen molar-refractivity contribution in [3.8, 4) is 22.5 Å². The van der Waals surface area contributed by atoms with Gasteiger partial charge in [-0.15, -0.1) is 0 Å². The van der Waals surface area contributed by atoms with Crippen LogP contribution < -0.4 is 27.2 Å². The molecule has 2 aromatic heterocycles. The number of aromatic nitrogens is 4. The number of primary sulfonamides is 1. The minimum atomic E-state index is -3.93. The van der Waals surface area contributed by atoms with Crippen LogP contribution in [0.5, 0.6) is 0 Å². The average Bonchev–Trinajstić information content (AvgIpc) is 3.20. The monoisotopic (exact) mass is 867 g/mol. The maximum absolute atomic E-state index is 15.2. The number of anilines is 4. The van der Waals surface area contributed by atoms with Crippen molar-refractivity contribution in [1.29, 1.82) is 0 Å². The van der Waals surface area contributed by atoms with E-state index >= 15 is 4.39 Å². The molecule has 61 heavy (non-hydrogen) atoms. The number of nitrogens with zero attached hydrogens (tertiary/aromatic N) is 4. The van der Waals surface area contributed by atoms with Crippen LogP contribution in [0.1, 0.15) is 57.2 Å².